The zero-order valence-corrected chi connectivity index (χ0v) is 14.1. The summed E-state index contributed by atoms with van der Waals surface area (Å²) in [6, 6.07) is 9.04. The third kappa shape index (κ3) is 2.73. The van der Waals surface area contributed by atoms with E-state index in [4.69, 9.17) is 0 Å². The van der Waals surface area contributed by atoms with Crippen LogP contribution in [0.5, 0.6) is 0 Å². The molecule has 1 unspecified atom stereocenters. The van der Waals surface area contributed by atoms with E-state index in [0.717, 1.165) is 36.2 Å². The van der Waals surface area contributed by atoms with E-state index in [9.17, 15) is 13.2 Å². The summed E-state index contributed by atoms with van der Waals surface area (Å²) in [5, 5.41) is 7.50. The van der Waals surface area contributed by atoms with Crippen LogP contribution in [-0.4, -0.2) is 35.6 Å². The maximum absolute atomic E-state index is 12.9. The molecule has 2 aliphatic rings. The van der Waals surface area contributed by atoms with Crippen LogP contribution in [0.25, 0.3) is 0 Å². The molecule has 126 valence electrons. The van der Waals surface area contributed by atoms with Crippen molar-refractivity contribution in [1.82, 2.24) is 9.78 Å². The van der Waals surface area contributed by atoms with Crippen molar-refractivity contribution in [3.8, 4) is 0 Å². The number of carbonyl (C=O) groups is 1. The first-order valence-corrected chi connectivity index (χ1v) is 10.0. The van der Waals surface area contributed by atoms with Crippen molar-refractivity contribution in [2.45, 2.75) is 31.7 Å². The molecule has 2 heterocycles. The Morgan fingerprint density at radius 3 is 2.71 bits per heavy atom. The standard InChI is InChI=1S/C17H19N3O3S/c21-17(18-12-5-2-1-3-6-12)16-14-7-4-8-15(14)19-20(16)13-9-10-24(22,23)11-13/h1-3,5-6,13H,4,7-11H2,(H,18,21). The molecule has 4 rings (SSSR count). The predicted octanol–water partition coefficient (Wildman–Crippen LogP) is 1.98. The normalized spacial score (nSPS) is 21.6. The van der Waals surface area contributed by atoms with Crippen LogP contribution in [-0.2, 0) is 22.7 Å². The molecule has 24 heavy (non-hydrogen) atoms. The molecule has 0 spiro atoms. The summed E-state index contributed by atoms with van der Waals surface area (Å²) in [6.07, 6.45) is 3.20. The Hall–Kier alpha value is -2.15. The number of hydrogen-bond donors (Lipinski definition) is 1. The minimum absolute atomic E-state index is 0.0686. The Labute approximate surface area is 140 Å². The smallest absolute Gasteiger partial charge is 0.274 e. The molecule has 1 aromatic carbocycles. The van der Waals surface area contributed by atoms with Crippen molar-refractivity contribution < 1.29 is 13.2 Å². The van der Waals surface area contributed by atoms with Gasteiger partial charge >= 0.3 is 0 Å². The van der Waals surface area contributed by atoms with Gasteiger partial charge in [0.25, 0.3) is 5.91 Å². The zero-order valence-electron chi connectivity index (χ0n) is 13.2. The summed E-state index contributed by atoms with van der Waals surface area (Å²) in [7, 11) is -3.03. The summed E-state index contributed by atoms with van der Waals surface area (Å²) in [5.41, 5.74) is 3.18. The molecule has 1 fully saturated rings. The molecular weight excluding hydrogens is 326 g/mol. The monoisotopic (exact) mass is 345 g/mol. The first-order chi connectivity index (χ1) is 11.5. The Bertz CT molecular complexity index is 887. The van der Waals surface area contributed by atoms with Gasteiger partial charge in [-0.15, -0.1) is 0 Å². The van der Waals surface area contributed by atoms with Gasteiger partial charge in [-0.25, -0.2) is 8.42 Å². The van der Waals surface area contributed by atoms with Crippen LogP contribution < -0.4 is 5.32 Å². The van der Waals surface area contributed by atoms with E-state index in [0.29, 0.717) is 12.1 Å². The molecule has 1 amide bonds. The molecular formula is C17H19N3O3S. The number of nitrogens with one attached hydrogen (secondary N) is 1. The number of anilines is 1. The summed E-state index contributed by atoms with van der Waals surface area (Å²) < 4.78 is 25.3. The van der Waals surface area contributed by atoms with Crippen molar-refractivity contribution in [2.24, 2.45) is 0 Å². The highest BCUT2D eigenvalue weighted by molar-refractivity contribution is 7.91. The molecule has 1 aliphatic carbocycles. The Kier molecular flexibility index (Phi) is 3.68. The second kappa shape index (κ2) is 5.73. The van der Waals surface area contributed by atoms with Gasteiger partial charge < -0.3 is 5.32 Å². The lowest BCUT2D eigenvalue weighted by Gasteiger charge is -2.14. The quantitative estimate of drug-likeness (QED) is 0.922. The van der Waals surface area contributed by atoms with Gasteiger partial charge in [-0.2, -0.15) is 5.10 Å². The van der Waals surface area contributed by atoms with Gasteiger partial charge in [-0.1, -0.05) is 18.2 Å². The van der Waals surface area contributed by atoms with Crippen molar-refractivity contribution in [2.75, 3.05) is 16.8 Å². The molecule has 1 atom stereocenters. The van der Waals surface area contributed by atoms with E-state index in [-0.39, 0.29) is 23.5 Å². The minimum Gasteiger partial charge on any atom is -0.321 e. The van der Waals surface area contributed by atoms with E-state index in [1.165, 1.54) is 0 Å². The van der Waals surface area contributed by atoms with Gasteiger partial charge in [-0.3, -0.25) is 9.48 Å². The maximum atomic E-state index is 12.9. The first-order valence-electron chi connectivity index (χ1n) is 8.20. The number of aryl methyl sites for hydroxylation is 1. The molecule has 7 heteroatoms. The van der Waals surface area contributed by atoms with Gasteiger partial charge in [0, 0.05) is 11.3 Å². The van der Waals surface area contributed by atoms with E-state index in [1.807, 2.05) is 30.3 Å². The van der Waals surface area contributed by atoms with E-state index in [1.54, 1.807) is 4.68 Å². The number of para-hydroxylation sites is 1. The van der Waals surface area contributed by atoms with Crippen LogP contribution in [0, 0.1) is 0 Å². The van der Waals surface area contributed by atoms with Crippen molar-refractivity contribution in [3.63, 3.8) is 0 Å². The zero-order chi connectivity index (χ0) is 16.7. The number of amides is 1. The molecule has 1 N–H and O–H groups in total. The summed E-state index contributed by atoms with van der Waals surface area (Å²) in [4.78, 5) is 12.9. The number of aromatic nitrogens is 2. The largest absolute Gasteiger partial charge is 0.321 e. The molecule has 1 aromatic heterocycles. The fraction of sp³-hybridized carbons (Fsp3) is 0.412. The van der Waals surface area contributed by atoms with E-state index < -0.39 is 9.84 Å². The third-order valence-electron chi connectivity index (χ3n) is 4.73. The lowest BCUT2D eigenvalue weighted by molar-refractivity contribution is 0.101. The second-order valence-electron chi connectivity index (χ2n) is 6.45. The molecule has 0 radical (unpaired) electrons. The van der Waals surface area contributed by atoms with Crippen LogP contribution in [0.1, 0.15) is 40.6 Å². The SMILES string of the molecule is O=C(Nc1ccccc1)c1c2c(nn1C1CCS(=O)(=O)C1)CCC2. The van der Waals surface area contributed by atoms with Crippen LogP contribution in [0.4, 0.5) is 5.69 Å². The maximum Gasteiger partial charge on any atom is 0.274 e. The lowest BCUT2D eigenvalue weighted by atomic mass is 10.1. The fourth-order valence-corrected chi connectivity index (χ4v) is 5.29. The van der Waals surface area contributed by atoms with E-state index >= 15 is 0 Å². The average Bonchev–Trinajstić information content (AvgIpc) is 3.21. The average molecular weight is 345 g/mol. The molecule has 0 bridgehead atoms. The Morgan fingerprint density at radius 1 is 1.21 bits per heavy atom. The topological polar surface area (TPSA) is 81.1 Å². The van der Waals surface area contributed by atoms with Gasteiger partial charge in [0.15, 0.2) is 9.84 Å². The number of carbonyl (C=O) groups excluding carboxylic acids is 1. The van der Waals surface area contributed by atoms with Crippen molar-refractivity contribution in [1.29, 1.82) is 0 Å². The number of sulfone groups is 1. The van der Waals surface area contributed by atoms with Gasteiger partial charge in [0.2, 0.25) is 0 Å². The first kappa shape index (κ1) is 15.4. The fourth-order valence-electron chi connectivity index (χ4n) is 3.60. The number of benzene rings is 1. The van der Waals surface area contributed by atoms with Gasteiger partial charge in [0.05, 0.1) is 23.2 Å². The highest BCUT2D eigenvalue weighted by Gasteiger charge is 2.35. The molecule has 6 nitrogen and oxygen atoms in total. The predicted molar refractivity (Wildman–Crippen MR) is 91.0 cm³/mol. The summed E-state index contributed by atoms with van der Waals surface area (Å²) in [6.45, 7) is 0. The third-order valence-corrected chi connectivity index (χ3v) is 6.48. The molecule has 1 saturated heterocycles. The Morgan fingerprint density at radius 2 is 2.00 bits per heavy atom. The van der Waals surface area contributed by atoms with Crippen LogP contribution in [0.15, 0.2) is 30.3 Å². The molecule has 1 aliphatic heterocycles. The number of nitrogens with zero attached hydrogens (tertiary/aromatic N) is 2. The minimum atomic E-state index is -3.03. The van der Waals surface area contributed by atoms with E-state index in [2.05, 4.69) is 10.4 Å². The van der Waals surface area contributed by atoms with Gasteiger partial charge in [0.1, 0.15) is 5.69 Å². The second-order valence-corrected chi connectivity index (χ2v) is 8.68. The van der Waals surface area contributed by atoms with Crippen LogP contribution in [0.2, 0.25) is 0 Å². The Balaban J connectivity index is 1.70. The number of hydrogen-bond acceptors (Lipinski definition) is 4. The number of rotatable bonds is 3. The number of fused-ring (bicyclic) bond motifs is 1. The summed E-state index contributed by atoms with van der Waals surface area (Å²) >= 11 is 0. The molecule has 0 saturated carbocycles. The van der Waals surface area contributed by atoms with Crippen molar-refractivity contribution in [3.05, 3.63) is 47.3 Å². The van der Waals surface area contributed by atoms with Crippen LogP contribution in [0.3, 0.4) is 0 Å². The molecule has 2 aromatic rings. The summed E-state index contributed by atoms with van der Waals surface area (Å²) in [5.74, 6) is 0.0299. The van der Waals surface area contributed by atoms with Crippen molar-refractivity contribution >= 4 is 21.4 Å². The van der Waals surface area contributed by atoms with Gasteiger partial charge in [-0.05, 0) is 37.8 Å². The lowest BCUT2D eigenvalue weighted by Crippen LogP contribution is -2.23. The van der Waals surface area contributed by atoms with Crippen LogP contribution >= 0.6 is 0 Å². The highest BCUT2D eigenvalue weighted by atomic mass is 32.2. The highest BCUT2D eigenvalue weighted by Crippen LogP contribution is 2.31.